The third-order valence-corrected chi connectivity index (χ3v) is 5.00. The number of primary amides is 1. The Labute approximate surface area is 177 Å². The van der Waals surface area contributed by atoms with Crippen molar-refractivity contribution in [3.8, 4) is 0 Å². The number of nitrogens with zero attached hydrogens (tertiary/aromatic N) is 4. The lowest BCUT2D eigenvalue weighted by atomic mass is 10.1. The van der Waals surface area contributed by atoms with Crippen LogP contribution in [0.15, 0.2) is 18.2 Å². The smallest absolute Gasteiger partial charge is 0.248 e. The molecule has 0 saturated carbocycles. The van der Waals surface area contributed by atoms with E-state index in [1.807, 2.05) is 24.9 Å². The van der Waals surface area contributed by atoms with E-state index in [0.717, 1.165) is 43.7 Å². The maximum absolute atomic E-state index is 11.6. The molecule has 5 N–H and O–H groups in total. The fourth-order valence-electron chi connectivity index (χ4n) is 3.47. The van der Waals surface area contributed by atoms with Crippen LogP contribution in [0.4, 0.5) is 23.5 Å². The predicted octanol–water partition coefficient (Wildman–Crippen LogP) is 2.28. The number of amides is 1. The number of hydrogen-bond donors (Lipinski definition) is 4. The summed E-state index contributed by atoms with van der Waals surface area (Å²) in [6.45, 7) is 9.01. The van der Waals surface area contributed by atoms with Crippen molar-refractivity contribution in [1.29, 1.82) is 0 Å². The molecule has 9 nitrogen and oxygen atoms in total. The Morgan fingerprint density at radius 1 is 1.30 bits per heavy atom. The van der Waals surface area contributed by atoms with Crippen molar-refractivity contribution in [1.82, 2.24) is 20.3 Å². The van der Waals surface area contributed by atoms with E-state index in [-0.39, 0.29) is 6.04 Å². The quantitative estimate of drug-likeness (QED) is 0.521. The summed E-state index contributed by atoms with van der Waals surface area (Å²) in [6, 6.07) is 5.55. The molecule has 1 atom stereocenters. The maximum atomic E-state index is 11.6. The number of carbonyl (C=O) groups is 1. The Hall–Kier alpha value is -2.94. The van der Waals surface area contributed by atoms with E-state index in [4.69, 9.17) is 5.73 Å². The summed E-state index contributed by atoms with van der Waals surface area (Å²) in [6.07, 6.45) is 2.19. The summed E-state index contributed by atoms with van der Waals surface area (Å²) in [5.41, 5.74) is 7.56. The fourth-order valence-corrected chi connectivity index (χ4v) is 3.47. The van der Waals surface area contributed by atoms with Crippen molar-refractivity contribution in [2.45, 2.75) is 39.7 Å². The average Bonchev–Trinajstić information content (AvgIpc) is 2.69. The second-order valence-electron chi connectivity index (χ2n) is 8.26. The van der Waals surface area contributed by atoms with Gasteiger partial charge in [-0.15, -0.1) is 0 Å². The highest BCUT2D eigenvalue weighted by Crippen LogP contribution is 2.23. The van der Waals surface area contributed by atoms with Crippen LogP contribution in [0.2, 0.25) is 0 Å². The number of nitrogens with one attached hydrogen (secondary N) is 3. The molecule has 2 aromatic rings. The maximum Gasteiger partial charge on any atom is 0.248 e. The molecule has 3 rings (SSSR count). The van der Waals surface area contributed by atoms with Gasteiger partial charge in [0.1, 0.15) is 0 Å². The van der Waals surface area contributed by atoms with Crippen LogP contribution in [-0.4, -0.2) is 53.6 Å². The summed E-state index contributed by atoms with van der Waals surface area (Å²) >= 11 is 0. The lowest BCUT2D eigenvalue weighted by Gasteiger charge is -2.25. The molecular formula is C21H32N8O. The summed E-state index contributed by atoms with van der Waals surface area (Å²) in [4.78, 5) is 27.4. The van der Waals surface area contributed by atoms with Crippen LogP contribution in [0.1, 0.15) is 42.6 Å². The molecule has 0 unspecified atom stereocenters. The molecule has 1 aliphatic heterocycles. The molecule has 1 saturated heterocycles. The number of carbonyl (C=O) groups excluding carboxylic acids is 1. The largest absolute Gasteiger partial charge is 0.366 e. The molecule has 9 heteroatoms. The second kappa shape index (κ2) is 9.71. The molecule has 0 radical (unpaired) electrons. The summed E-state index contributed by atoms with van der Waals surface area (Å²) in [7, 11) is 1.98. The lowest BCUT2D eigenvalue weighted by molar-refractivity contribution is 0.100. The third kappa shape index (κ3) is 5.79. The van der Waals surface area contributed by atoms with Gasteiger partial charge in [0, 0.05) is 37.4 Å². The summed E-state index contributed by atoms with van der Waals surface area (Å²) in [5.74, 6) is 1.55. The zero-order valence-corrected chi connectivity index (χ0v) is 18.2. The van der Waals surface area contributed by atoms with Crippen molar-refractivity contribution in [2.75, 3.05) is 42.2 Å². The molecule has 2 heterocycles. The number of benzene rings is 1. The molecular weight excluding hydrogens is 380 g/mol. The van der Waals surface area contributed by atoms with Gasteiger partial charge in [-0.05, 0) is 49.9 Å². The Kier molecular flexibility index (Phi) is 7.04. The highest BCUT2D eigenvalue weighted by Gasteiger charge is 2.17. The number of aromatic nitrogens is 3. The van der Waals surface area contributed by atoms with E-state index >= 15 is 0 Å². The van der Waals surface area contributed by atoms with Crippen LogP contribution < -0.4 is 26.6 Å². The SMILES string of the molecule is Cc1ccc(C(N)=O)cc1Nc1nc(N[C@@H]2CCCNC2)nc(N(C)CC(C)C)n1. The topological polar surface area (TPSA) is 121 Å². The van der Waals surface area contributed by atoms with Crippen LogP contribution in [0.25, 0.3) is 0 Å². The first-order valence-corrected chi connectivity index (χ1v) is 10.4. The standard InChI is InChI=1S/C21H32N8O/c1-13(2)12-29(4)21-27-19(24-16-6-5-9-23-11-16)26-20(28-21)25-17-10-15(18(22)30)8-7-14(17)3/h7-8,10,13,16,23H,5-6,9,11-12H2,1-4H3,(H2,22,30)(H2,24,25,26,27,28)/t16-/m1/s1. The molecule has 1 aromatic carbocycles. The van der Waals surface area contributed by atoms with Gasteiger partial charge in [-0.2, -0.15) is 15.0 Å². The average molecular weight is 413 g/mol. The van der Waals surface area contributed by atoms with Crippen LogP contribution in [0, 0.1) is 12.8 Å². The molecule has 1 amide bonds. The number of hydrogen-bond acceptors (Lipinski definition) is 8. The summed E-state index contributed by atoms with van der Waals surface area (Å²) in [5, 5.41) is 10.1. The van der Waals surface area contributed by atoms with Gasteiger partial charge in [-0.25, -0.2) is 0 Å². The zero-order valence-electron chi connectivity index (χ0n) is 18.2. The van der Waals surface area contributed by atoms with Crippen LogP contribution in [0.5, 0.6) is 0 Å². The monoisotopic (exact) mass is 412 g/mol. The van der Waals surface area contributed by atoms with E-state index in [1.165, 1.54) is 0 Å². The van der Waals surface area contributed by atoms with Gasteiger partial charge in [0.05, 0.1) is 0 Å². The Morgan fingerprint density at radius 3 is 2.73 bits per heavy atom. The van der Waals surface area contributed by atoms with Gasteiger partial charge in [0.15, 0.2) is 0 Å². The number of rotatable bonds is 8. The molecule has 0 aliphatic carbocycles. The van der Waals surface area contributed by atoms with Gasteiger partial charge in [0.25, 0.3) is 0 Å². The van der Waals surface area contributed by atoms with Crippen molar-refractivity contribution < 1.29 is 4.79 Å². The van der Waals surface area contributed by atoms with Crippen molar-refractivity contribution in [3.63, 3.8) is 0 Å². The Balaban J connectivity index is 1.90. The molecule has 1 aromatic heterocycles. The second-order valence-corrected chi connectivity index (χ2v) is 8.26. The molecule has 1 fully saturated rings. The molecule has 0 bridgehead atoms. The minimum Gasteiger partial charge on any atom is -0.366 e. The lowest BCUT2D eigenvalue weighted by Crippen LogP contribution is -2.39. The van der Waals surface area contributed by atoms with Gasteiger partial charge < -0.3 is 26.6 Å². The molecule has 162 valence electrons. The Morgan fingerprint density at radius 2 is 2.07 bits per heavy atom. The van der Waals surface area contributed by atoms with Crippen LogP contribution >= 0.6 is 0 Å². The van der Waals surface area contributed by atoms with Crippen LogP contribution in [-0.2, 0) is 0 Å². The van der Waals surface area contributed by atoms with E-state index in [0.29, 0.717) is 29.3 Å². The number of anilines is 4. The zero-order chi connectivity index (χ0) is 21.7. The fraction of sp³-hybridized carbons (Fsp3) is 0.524. The minimum absolute atomic E-state index is 0.275. The number of aryl methyl sites for hydroxylation is 1. The van der Waals surface area contributed by atoms with E-state index < -0.39 is 5.91 Å². The van der Waals surface area contributed by atoms with E-state index in [9.17, 15) is 4.79 Å². The van der Waals surface area contributed by atoms with Gasteiger partial charge >= 0.3 is 0 Å². The van der Waals surface area contributed by atoms with E-state index in [1.54, 1.807) is 12.1 Å². The highest BCUT2D eigenvalue weighted by molar-refractivity contribution is 5.94. The number of piperidine rings is 1. The number of nitrogens with two attached hydrogens (primary N) is 1. The van der Waals surface area contributed by atoms with E-state index in [2.05, 4.69) is 44.7 Å². The van der Waals surface area contributed by atoms with Crippen molar-refractivity contribution in [3.05, 3.63) is 29.3 Å². The minimum atomic E-state index is -0.474. The predicted molar refractivity (Wildman–Crippen MR) is 120 cm³/mol. The highest BCUT2D eigenvalue weighted by atomic mass is 16.1. The normalized spacial score (nSPS) is 16.4. The molecule has 1 aliphatic rings. The first kappa shape index (κ1) is 21.8. The first-order chi connectivity index (χ1) is 14.3. The van der Waals surface area contributed by atoms with Crippen molar-refractivity contribution in [2.24, 2.45) is 11.7 Å². The Bertz CT molecular complexity index is 879. The van der Waals surface area contributed by atoms with Crippen LogP contribution in [0.3, 0.4) is 0 Å². The molecule has 0 spiro atoms. The third-order valence-electron chi connectivity index (χ3n) is 5.00. The van der Waals surface area contributed by atoms with Gasteiger partial charge in [0.2, 0.25) is 23.8 Å². The summed E-state index contributed by atoms with van der Waals surface area (Å²) < 4.78 is 0. The van der Waals surface area contributed by atoms with Crippen molar-refractivity contribution >= 4 is 29.4 Å². The first-order valence-electron chi connectivity index (χ1n) is 10.4. The van der Waals surface area contributed by atoms with Gasteiger partial charge in [-0.3, -0.25) is 4.79 Å². The van der Waals surface area contributed by atoms with Gasteiger partial charge in [-0.1, -0.05) is 19.9 Å². The molecule has 30 heavy (non-hydrogen) atoms.